The molecule has 2 N–H and O–H groups in total. The lowest BCUT2D eigenvalue weighted by atomic mass is 10.0. The zero-order valence-electron chi connectivity index (χ0n) is 16.0. The van der Waals surface area contributed by atoms with E-state index in [2.05, 4.69) is 9.71 Å². The Morgan fingerprint density at radius 2 is 1.94 bits per heavy atom. The Kier molecular flexibility index (Phi) is 5.34. The fourth-order valence-electron chi connectivity index (χ4n) is 3.07. The molecular weight excluding hydrogens is 443 g/mol. The summed E-state index contributed by atoms with van der Waals surface area (Å²) in [5, 5.41) is 11.8. The van der Waals surface area contributed by atoms with E-state index < -0.39 is 21.8 Å². The second-order valence-corrected chi connectivity index (χ2v) is 8.95. The van der Waals surface area contributed by atoms with E-state index in [0.29, 0.717) is 5.39 Å². The summed E-state index contributed by atoms with van der Waals surface area (Å²) in [5.74, 6) is -1.64. The summed E-state index contributed by atoms with van der Waals surface area (Å²) in [7, 11) is -2.84. The first-order valence-corrected chi connectivity index (χ1v) is 11.2. The van der Waals surface area contributed by atoms with E-state index in [1.165, 1.54) is 36.8 Å². The third-order valence-electron chi connectivity index (χ3n) is 4.54. The van der Waals surface area contributed by atoms with Crippen molar-refractivity contribution in [2.24, 2.45) is 0 Å². The second-order valence-electron chi connectivity index (χ2n) is 6.46. The van der Waals surface area contributed by atoms with E-state index in [9.17, 15) is 17.6 Å². The number of benzene rings is 3. The van der Waals surface area contributed by atoms with Gasteiger partial charge in [-0.25, -0.2) is 14.2 Å². The van der Waals surface area contributed by atoms with Gasteiger partial charge in [0.2, 0.25) is 0 Å². The van der Waals surface area contributed by atoms with Crippen molar-refractivity contribution in [1.82, 2.24) is 4.98 Å². The van der Waals surface area contributed by atoms with Crippen LogP contribution in [0.3, 0.4) is 0 Å². The zero-order chi connectivity index (χ0) is 22.2. The maximum atomic E-state index is 14.6. The first-order chi connectivity index (χ1) is 14.8. The number of carboxylic acid groups (broad SMARTS) is 1. The minimum absolute atomic E-state index is 0.0408. The monoisotopic (exact) mass is 458 g/mol. The molecule has 0 amide bonds. The van der Waals surface area contributed by atoms with Crippen LogP contribution < -0.4 is 9.46 Å². The number of nitrogens with zero attached hydrogens (tertiary/aromatic N) is 1. The van der Waals surface area contributed by atoms with E-state index in [4.69, 9.17) is 9.84 Å². The molecule has 0 radical (unpaired) electrons. The third-order valence-corrected chi connectivity index (χ3v) is 6.80. The lowest BCUT2D eigenvalue weighted by molar-refractivity contribution is 0.0696. The van der Waals surface area contributed by atoms with Crippen LogP contribution in [-0.4, -0.2) is 31.6 Å². The molecule has 0 atom stereocenters. The van der Waals surface area contributed by atoms with Crippen LogP contribution in [0.15, 0.2) is 65.0 Å². The molecule has 0 spiro atoms. The first-order valence-electron chi connectivity index (χ1n) is 8.87. The maximum Gasteiger partial charge on any atom is 0.335 e. The molecule has 158 valence electrons. The Balaban J connectivity index is 1.72. The predicted octanol–water partition coefficient (Wildman–Crippen LogP) is 4.61. The van der Waals surface area contributed by atoms with Crippen LogP contribution in [-0.2, 0) is 10.0 Å². The van der Waals surface area contributed by atoms with Gasteiger partial charge >= 0.3 is 5.97 Å². The molecular formula is C21H15FN2O5S2. The van der Waals surface area contributed by atoms with Crippen molar-refractivity contribution in [2.45, 2.75) is 5.03 Å². The van der Waals surface area contributed by atoms with Crippen molar-refractivity contribution in [2.75, 3.05) is 11.8 Å². The number of carboxylic acids is 1. The highest BCUT2D eigenvalue weighted by molar-refractivity contribution is 7.92. The number of hydrogen-bond donors (Lipinski definition) is 2. The number of halogens is 1. The normalized spacial score (nSPS) is 11.4. The second kappa shape index (κ2) is 7.97. The molecule has 31 heavy (non-hydrogen) atoms. The molecule has 4 aromatic rings. The molecule has 0 unspecified atom stereocenters. The van der Waals surface area contributed by atoms with Gasteiger partial charge in [-0.15, -0.1) is 11.3 Å². The van der Waals surface area contributed by atoms with Crippen LogP contribution in [0.1, 0.15) is 10.4 Å². The molecule has 1 aromatic heterocycles. The number of rotatable bonds is 6. The van der Waals surface area contributed by atoms with Gasteiger partial charge in [0.1, 0.15) is 16.6 Å². The number of thiazole rings is 1. The van der Waals surface area contributed by atoms with Crippen LogP contribution in [0.5, 0.6) is 5.75 Å². The third kappa shape index (κ3) is 3.94. The van der Waals surface area contributed by atoms with E-state index >= 15 is 0 Å². The summed E-state index contributed by atoms with van der Waals surface area (Å²) in [6, 6.07) is 13.9. The van der Waals surface area contributed by atoms with Gasteiger partial charge in [-0.1, -0.05) is 30.3 Å². The zero-order valence-corrected chi connectivity index (χ0v) is 17.6. The van der Waals surface area contributed by atoms with E-state index in [1.807, 2.05) is 12.1 Å². The van der Waals surface area contributed by atoms with Gasteiger partial charge in [0.25, 0.3) is 10.0 Å². The van der Waals surface area contributed by atoms with Crippen LogP contribution in [0, 0.1) is 5.82 Å². The number of methoxy groups -OCH3 is 1. The summed E-state index contributed by atoms with van der Waals surface area (Å²) in [6.07, 6.45) is 0. The van der Waals surface area contributed by atoms with Gasteiger partial charge < -0.3 is 9.84 Å². The average molecular weight is 458 g/mol. The Bertz CT molecular complexity index is 1420. The summed E-state index contributed by atoms with van der Waals surface area (Å²) >= 11 is 1.01. The van der Waals surface area contributed by atoms with Crippen LogP contribution >= 0.6 is 11.3 Å². The van der Waals surface area contributed by atoms with Gasteiger partial charge in [-0.3, -0.25) is 4.72 Å². The van der Waals surface area contributed by atoms with Crippen molar-refractivity contribution in [3.05, 3.63) is 71.4 Å². The summed E-state index contributed by atoms with van der Waals surface area (Å²) in [6.45, 7) is 0. The molecule has 0 aliphatic heterocycles. The number of nitrogens with one attached hydrogen (secondary N) is 1. The fraction of sp³-hybridized carbons (Fsp3) is 0.0476. The highest BCUT2D eigenvalue weighted by Gasteiger charge is 2.23. The van der Waals surface area contributed by atoms with Gasteiger partial charge in [0.05, 0.1) is 23.9 Å². The standard InChI is InChI=1S/C21H15FN2O5S2/c1-29-17-10-13(21(25)26)7-9-16(17)24-31(27,28)18-11-30-20(23-18)19-14-5-3-2-4-12(14)6-8-15(19)22/h2-11,24H,1H3,(H,25,26). The maximum absolute atomic E-state index is 14.6. The van der Waals surface area contributed by atoms with Crippen LogP contribution in [0.2, 0.25) is 0 Å². The average Bonchev–Trinajstić information content (AvgIpc) is 3.24. The molecule has 0 aliphatic carbocycles. The SMILES string of the molecule is COc1cc(C(=O)O)ccc1NS(=O)(=O)c1csc(-c2c(F)ccc3ccccc23)n1. The number of hydrogen-bond acceptors (Lipinski definition) is 6. The summed E-state index contributed by atoms with van der Waals surface area (Å²) in [5.41, 5.74) is 0.230. The van der Waals surface area contributed by atoms with Gasteiger partial charge in [-0.05, 0) is 35.0 Å². The lowest BCUT2D eigenvalue weighted by Crippen LogP contribution is -2.14. The molecule has 0 aliphatic rings. The fourth-order valence-corrected chi connectivity index (χ4v) is 5.29. The quantitative estimate of drug-likeness (QED) is 0.437. The molecule has 0 fully saturated rings. The first kappa shape index (κ1) is 20.8. The minimum Gasteiger partial charge on any atom is -0.495 e. The number of sulfonamides is 1. The number of carbonyl (C=O) groups is 1. The number of aromatic nitrogens is 1. The molecule has 0 bridgehead atoms. The Hall–Kier alpha value is -3.50. The van der Waals surface area contributed by atoms with E-state index in [1.54, 1.807) is 18.2 Å². The smallest absolute Gasteiger partial charge is 0.335 e. The Labute approximate surface area is 180 Å². The predicted molar refractivity (Wildman–Crippen MR) is 116 cm³/mol. The lowest BCUT2D eigenvalue weighted by Gasteiger charge is -2.11. The van der Waals surface area contributed by atoms with Crippen LogP contribution in [0.4, 0.5) is 10.1 Å². The number of aromatic carboxylic acids is 1. The molecule has 0 saturated heterocycles. The Morgan fingerprint density at radius 3 is 2.68 bits per heavy atom. The van der Waals surface area contributed by atoms with Gasteiger partial charge in [0.15, 0.2) is 5.03 Å². The van der Waals surface area contributed by atoms with Crippen molar-refractivity contribution < 1.29 is 27.4 Å². The Morgan fingerprint density at radius 1 is 1.16 bits per heavy atom. The number of ether oxygens (including phenoxy) is 1. The largest absolute Gasteiger partial charge is 0.495 e. The molecule has 0 saturated carbocycles. The van der Waals surface area contributed by atoms with Gasteiger partial charge in [-0.2, -0.15) is 8.42 Å². The molecule has 3 aromatic carbocycles. The molecule has 4 rings (SSSR count). The number of anilines is 1. The van der Waals surface area contributed by atoms with Gasteiger partial charge in [0, 0.05) is 5.38 Å². The minimum atomic E-state index is -4.13. The molecule has 1 heterocycles. The molecule has 10 heteroatoms. The van der Waals surface area contributed by atoms with Crippen molar-refractivity contribution in [3.8, 4) is 16.3 Å². The summed E-state index contributed by atoms with van der Waals surface area (Å²) < 4.78 is 47.7. The van der Waals surface area contributed by atoms with Crippen LogP contribution in [0.25, 0.3) is 21.3 Å². The molecule has 7 nitrogen and oxygen atoms in total. The van der Waals surface area contributed by atoms with Crippen molar-refractivity contribution in [1.29, 1.82) is 0 Å². The summed E-state index contributed by atoms with van der Waals surface area (Å²) in [4.78, 5) is 15.3. The topological polar surface area (TPSA) is 106 Å². The van der Waals surface area contributed by atoms with Crippen molar-refractivity contribution >= 4 is 43.8 Å². The van der Waals surface area contributed by atoms with Crippen molar-refractivity contribution in [3.63, 3.8) is 0 Å². The highest BCUT2D eigenvalue weighted by Crippen LogP contribution is 2.35. The van der Waals surface area contributed by atoms with E-state index in [-0.39, 0.29) is 32.6 Å². The highest BCUT2D eigenvalue weighted by atomic mass is 32.2. The van der Waals surface area contributed by atoms with E-state index in [0.717, 1.165) is 16.7 Å². The number of fused-ring (bicyclic) bond motifs is 1.